The van der Waals surface area contributed by atoms with Crippen LogP contribution in [0.2, 0.25) is 0 Å². The van der Waals surface area contributed by atoms with Gasteiger partial charge in [0.25, 0.3) is 0 Å². The van der Waals surface area contributed by atoms with Crippen molar-refractivity contribution in [2.24, 2.45) is 17.6 Å². The Kier molecular flexibility index (Phi) is 4.60. The average Bonchev–Trinajstić information content (AvgIpc) is 3.50. The smallest absolute Gasteiger partial charge is 0.228 e. The summed E-state index contributed by atoms with van der Waals surface area (Å²) in [5.41, 5.74) is 8.72. The second kappa shape index (κ2) is 7.43. The lowest BCUT2D eigenvalue weighted by molar-refractivity contribution is -0.117. The molecule has 2 aliphatic rings. The predicted molar refractivity (Wildman–Crippen MR) is 111 cm³/mol. The molecule has 30 heavy (non-hydrogen) atoms. The Hall–Kier alpha value is -3.44. The SMILES string of the molecule is N#Cc1cc(-c2ccn3nc(NC(=O)C4CC4)cc3c2)c(OCC2CC(N)C2)cn1. The van der Waals surface area contributed by atoms with E-state index in [2.05, 4.69) is 21.5 Å². The maximum absolute atomic E-state index is 12.0. The second-order valence-electron chi connectivity index (χ2n) is 8.16. The Morgan fingerprint density at radius 3 is 2.90 bits per heavy atom. The fraction of sp³-hybridized carbons (Fsp3) is 0.364. The topological polar surface area (TPSA) is 118 Å². The molecule has 152 valence electrons. The molecule has 3 N–H and O–H groups in total. The largest absolute Gasteiger partial charge is 0.491 e. The van der Waals surface area contributed by atoms with E-state index in [0.717, 1.165) is 42.3 Å². The number of nitriles is 1. The number of nitrogens with two attached hydrogens (primary N) is 1. The van der Waals surface area contributed by atoms with Gasteiger partial charge in [-0.05, 0) is 55.4 Å². The molecule has 0 atom stereocenters. The van der Waals surface area contributed by atoms with Crippen LogP contribution in [0.3, 0.4) is 0 Å². The van der Waals surface area contributed by atoms with Gasteiger partial charge >= 0.3 is 0 Å². The maximum Gasteiger partial charge on any atom is 0.228 e. The molecule has 0 aliphatic heterocycles. The van der Waals surface area contributed by atoms with Crippen LogP contribution in [-0.4, -0.2) is 33.2 Å². The minimum atomic E-state index is 0.0258. The summed E-state index contributed by atoms with van der Waals surface area (Å²) in [6.07, 6.45) is 7.27. The van der Waals surface area contributed by atoms with Crippen molar-refractivity contribution < 1.29 is 9.53 Å². The molecule has 0 aromatic carbocycles. The summed E-state index contributed by atoms with van der Waals surface area (Å²) in [6.45, 7) is 0.584. The number of nitrogens with one attached hydrogen (secondary N) is 1. The first-order valence-corrected chi connectivity index (χ1v) is 10.2. The van der Waals surface area contributed by atoms with Gasteiger partial charge in [-0.1, -0.05) is 0 Å². The molecule has 0 unspecified atom stereocenters. The third kappa shape index (κ3) is 3.72. The van der Waals surface area contributed by atoms with Crippen LogP contribution < -0.4 is 15.8 Å². The molecular weight excluding hydrogens is 380 g/mol. The lowest BCUT2D eigenvalue weighted by Gasteiger charge is -2.32. The van der Waals surface area contributed by atoms with Gasteiger partial charge in [0, 0.05) is 29.8 Å². The van der Waals surface area contributed by atoms with E-state index in [1.165, 1.54) is 0 Å². The van der Waals surface area contributed by atoms with E-state index in [0.29, 0.717) is 29.8 Å². The van der Waals surface area contributed by atoms with E-state index in [-0.39, 0.29) is 17.9 Å². The van der Waals surface area contributed by atoms with Gasteiger partial charge < -0.3 is 15.8 Å². The first kappa shape index (κ1) is 18.6. The first-order chi connectivity index (χ1) is 14.6. The fourth-order valence-electron chi connectivity index (χ4n) is 3.77. The summed E-state index contributed by atoms with van der Waals surface area (Å²) in [5.74, 6) is 1.78. The van der Waals surface area contributed by atoms with Crippen molar-refractivity contribution in [2.45, 2.75) is 31.7 Å². The molecule has 2 aliphatic carbocycles. The molecule has 0 bridgehead atoms. The molecular formula is C22H22N6O2. The van der Waals surface area contributed by atoms with Crippen molar-refractivity contribution in [3.63, 3.8) is 0 Å². The first-order valence-electron chi connectivity index (χ1n) is 10.2. The highest BCUT2D eigenvalue weighted by Crippen LogP contribution is 2.34. The summed E-state index contributed by atoms with van der Waals surface area (Å²) in [6, 6.07) is 9.81. The summed E-state index contributed by atoms with van der Waals surface area (Å²) >= 11 is 0. The van der Waals surface area contributed by atoms with Gasteiger partial charge in [0.15, 0.2) is 5.82 Å². The number of anilines is 1. The summed E-state index contributed by atoms with van der Waals surface area (Å²) < 4.78 is 7.76. The number of carbonyl (C=O) groups is 1. The quantitative estimate of drug-likeness (QED) is 0.654. The van der Waals surface area contributed by atoms with Crippen LogP contribution in [0.15, 0.2) is 36.7 Å². The number of rotatable bonds is 6. The van der Waals surface area contributed by atoms with Crippen molar-refractivity contribution in [1.29, 1.82) is 5.26 Å². The van der Waals surface area contributed by atoms with Gasteiger partial charge in [-0.2, -0.15) is 10.4 Å². The van der Waals surface area contributed by atoms with Gasteiger partial charge in [-0.25, -0.2) is 9.50 Å². The van der Waals surface area contributed by atoms with Crippen LogP contribution in [0.25, 0.3) is 16.6 Å². The van der Waals surface area contributed by atoms with E-state index in [9.17, 15) is 10.1 Å². The van der Waals surface area contributed by atoms with Crippen LogP contribution in [0.5, 0.6) is 5.75 Å². The van der Waals surface area contributed by atoms with E-state index in [1.54, 1.807) is 16.8 Å². The highest BCUT2D eigenvalue weighted by molar-refractivity contribution is 5.93. The zero-order chi connectivity index (χ0) is 20.7. The number of aromatic nitrogens is 3. The standard InChI is InChI=1S/C22H22N6O2/c23-10-17-8-19(20(11-25-17)30-12-13-5-16(24)6-13)15-3-4-28-18(7-15)9-21(27-28)26-22(29)14-1-2-14/h3-4,7-9,11,13-14,16H,1-2,5-6,12,24H2,(H,26,27,29). The maximum atomic E-state index is 12.0. The zero-order valence-corrected chi connectivity index (χ0v) is 16.4. The van der Waals surface area contributed by atoms with Crippen molar-refractivity contribution in [3.05, 3.63) is 42.4 Å². The van der Waals surface area contributed by atoms with Gasteiger partial charge in [0.1, 0.15) is 17.5 Å². The molecule has 8 nitrogen and oxygen atoms in total. The molecule has 3 aromatic heterocycles. The van der Waals surface area contributed by atoms with Gasteiger partial charge in [-0.15, -0.1) is 0 Å². The number of amides is 1. The Balaban J connectivity index is 1.42. The second-order valence-corrected chi connectivity index (χ2v) is 8.16. The van der Waals surface area contributed by atoms with Crippen LogP contribution in [0, 0.1) is 23.2 Å². The lowest BCUT2D eigenvalue weighted by Crippen LogP contribution is -2.39. The van der Waals surface area contributed by atoms with Crippen LogP contribution >= 0.6 is 0 Å². The minimum absolute atomic E-state index is 0.0258. The normalized spacial score (nSPS) is 20.4. The van der Waals surface area contributed by atoms with Crippen molar-refractivity contribution in [1.82, 2.24) is 14.6 Å². The highest BCUT2D eigenvalue weighted by Gasteiger charge is 2.30. The monoisotopic (exact) mass is 402 g/mol. The summed E-state index contributed by atoms with van der Waals surface area (Å²) in [4.78, 5) is 16.2. The average molecular weight is 402 g/mol. The molecule has 2 saturated carbocycles. The fourth-order valence-corrected chi connectivity index (χ4v) is 3.77. The molecule has 5 rings (SSSR count). The number of nitrogens with zero attached hydrogens (tertiary/aromatic N) is 4. The zero-order valence-electron chi connectivity index (χ0n) is 16.4. The lowest BCUT2D eigenvalue weighted by atomic mass is 9.81. The third-order valence-electron chi connectivity index (χ3n) is 5.70. The molecule has 0 saturated heterocycles. The Labute approximate surface area is 173 Å². The minimum Gasteiger partial charge on any atom is -0.491 e. The van der Waals surface area contributed by atoms with Crippen LogP contribution in [0.4, 0.5) is 5.82 Å². The summed E-state index contributed by atoms with van der Waals surface area (Å²) in [7, 11) is 0. The Morgan fingerprint density at radius 2 is 2.17 bits per heavy atom. The predicted octanol–water partition coefficient (Wildman–Crippen LogP) is 2.73. The molecule has 2 fully saturated rings. The molecule has 1 amide bonds. The molecule has 0 spiro atoms. The molecule has 3 heterocycles. The molecule has 8 heteroatoms. The number of pyridine rings is 2. The van der Waals surface area contributed by atoms with Crippen molar-refractivity contribution >= 4 is 17.2 Å². The summed E-state index contributed by atoms with van der Waals surface area (Å²) in [5, 5.41) is 16.6. The van der Waals surface area contributed by atoms with E-state index >= 15 is 0 Å². The highest BCUT2D eigenvalue weighted by atomic mass is 16.5. The Bertz CT molecular complexity index is 1150. The number of fused-ring (bicyclic) bond motifs is 1. The third-order valence-corrected chi connectivity index (χ3v) is 5.70. The van der Waals surface area contributed by atoms with Gasteiger partial charge in [0.2, 0.25) is 5.91 Å². The molecule has 0 radical (unpaired) electrons. The van der Waals surface area contributed by atoms with Gasteiger partial charge in [-0.3, -0.25) is 4.79 Å². The van der Waals surface area contributed by atoms with E-state index < -0.39 is 0 Å². The number of carbonyl (C=O) groups excluding carboxylic acids is 1. The number of hydrogen-bond acceptors (Lipinski definition) is 6. The van der Waals surface area contributed by atoms with E-state index in [1.807, 2.05) is 24.4 Å². The molecule has 3 aromatic rings. The van der Waals surface area contributed by atoms with E-state index in [4.69, 9.17) is 10.5 Å². The van der Waals surface area contributed by atoms with Crippen molar-refractivity contribution in [2.75, 3.05) is 11.9 Å². The van der Waals surface area contributed by atoms with Gasteiger partial charge in [0.05, 0.1) is 18.3 Å². The van der Waals surface area contributed by atoms with Crippen molar-refractivity contribution in [3.8, 4) is 22.9 Å². The number of hydrogen-bond donors (Lipinski definition) is 2. The number of ether oxygens (including phenoxy) is 1. The van der Waals surface area contributed by atoms with Crippen LogP contribution in [-0.2, 0) is 4.79 Å². The Morgan fingerprint density at radius 1 is 1.33 bits per heavy atom. The van der Waals surface area contributed by atoms with Crippen LogP contribution in [0.1, 0.15) is 31.4 Å².